The van der Waals surface area contributed by atoms with E-state index in [0.29, 0.717) is 18.1 Å². The smallest absolute Gasteiger partial charge is 0.337 e. The van der Waals surface area contributed by atoms with Crippen LogP contribution in [0.2, 0.25) is 0 Å². The maximum Gasteiger partial charge on any atom is 0.337 e. The molecule has 0 bridgehead atoms. The molecule has 0 amide bonds. The minimum absolute atomic E-state index is 0.240. The zero-order valence-corrected chi connectivity index (χ0v) is 11.7. The summed E-state index contributed by atoms with van der Waals surface area (Å²) in [4.78, 5) is 15.2. The highest BCUT2D eigenvalue weighted by Gasteiger charge is 2.08. The minimum Gasteiger partial charge on any atom is -0.478 e. The molecule has 104 valence electrons. The predicted molar refractivity (Wildman–Crippen MR) is 79.1 cm³/mol. The van der Waals surface area contributed by atoms with Crippen LogP contribution in [0.4, 0.5) is 5.82 Å². The second-order valence-electron chi connectivity index (χ2n) is 4.61. The molecule has 2 N–H and O–H groups in total. The fourth-order valence-electron chi connectivity index (χ4n) is 2.15. The fourth-order valence-corrected chi connectivity index (χ4v) is 2.15. The van der Waals surface area contributed by atoms with Crippen molar-refractivity contribution < 1.29 is 9.90 Å². The van der Waals surface area contributed by atoms with Gasteiger partial charge in [0.15, 0.2) is 0 Å². The number of aryl methyl sites for hydroxylation is 2. The van der Waals surface area contributed by atoms with Gasteiger partial charge in [0.2, 0.25) is 0 Å². The van der Waals surface area contributed by atoms with E-state index in [4.69, 9.17) is 5.11 Å². The zero-order valence-electron chi connectivity index (χ0n) is 11.7. The summed E-state index contributed by atoms with van der Waals surface area (Å²) in [7, 11) is 0. The number of aromatic carboxylic acids is 1. The Morgan fingerprint density at radius 1 is 1.20 bits per heavy atom. The quantitative estimate of drug-likeness (QED) is 0.875. The van der Waals surface area contributed by atoms with Gasteiger partial charge >= 0.3 is 5.97 Å². The standard InChI is InChI=1S/C16H18N2O2/c1-3-12-6-4-5-7-13(12)10-17-15-9-8-14(16(19)20)11(2)18-15/h4-9H,3,10H2,1-2H3,(H,17,18)(H,19,20). The van der Waals surface area contributed by atoms with Gasteiger partial charge in [0.1, 0.15) is 5.82 Å². The van der Waals surface area contributed by atoms with Gasteiger partial charge in [0.05, 0.1) is 11.3 Å². The van der Waals surface area contributed by atoms with E-state index in [1.807, 2.05) is 12.1 Å². The summed E-state index contributed by atoms with van der Waals surface area (Å²) < 4.78 is 0. The van der Waals surface area contributed by atoms with Crippen LogP contribution in [0.15, 0.2) is 36.4 Å². The Labute approximate surface area is 118 Å². The number of hydrogen-bond acceptors (Lipinski definition) is 3. The molecule has 0 saturated carbocycles. The first kappa shape index (κ1) is 14.1. The van der Waals surface area contributed by atoms with E-state index in [-0.39, 0.29) is 5.56 Å². The summed E-state index contributed by atoms with van der Waals surface area (Å²) in [5.74, 6) is -0.253. The number of carbonyl (C=O) groups is 1. The molecular weight excluding hydrogens is 252 g/mol. The average Bonchev–Trinajstić information content (AvgIpc) is 2.45. The maximum absolute atomic E-state index is 10.9. The van der Waals surface area contributed by atoms with Crippen molar-refractivity contribution >= 4 is 11.8 Å². The van der Waals surface area contributed by atoms with Crippen LogP contribution in [0.5, 0.6) is 0 Å². The minimum atomic E-state index is -0.946. The predicted octanol–water partition coefficient (Wildman–Crippen LogP) is 3.26. The van der Waals surface area contributed by atoms with Crippen LogP contribution in [0.3, 0.4) is 0 Å². The topological polar surface area (TPSA) is 62.2 Å². The highest BCUT2D eigenvalue weighted by atomic mass is 16.4. The van der Waals surface area contributed by atoms with E-state index in [1.54, 1.807) is 19.1 Å². The summed E-state index contributed by atoms with van der Waals surface area (Å²) in [6, 6.07) is 11.5. The summed E-state index contributed by atoms with van der Waals surface area (Å²) in [6.45, 7) is 4.51. The number of benzene rings is 1. The van der Waals surface area contributed by atoms with Crippen LogP contribution in [0.1, 0.15) is 34.1 Å². The molecule has 0 radical (unpaired) electrons. The second kappa shape index (κ2) is 6.19. The first-order valence-electron chi connectivity index (χ1n) is 6.63. The van der Waals surface area contributed by atoms with Gasteiger partial charge in [-0.1, -0.05) is 31.2 Å². The van der Waals surface area contributed by atoms with Crippen LogP contribution < -0.4 is 5.32 Å². The third-order valence-corrected chi connectivity index (χ3v) is 3.28. The van der Waals surface area contributed by atoms with E-state index in [2.05, 4.69) is 29.4 Å². The molecule has 1 aromatic heterocycles. The number of nitrogens with one attached hydrogen (secondary N) is 1. The van der Waals surface area contributed by atoms with Gasteiger partial charge in [-0.05, 0) is 36.6 Å². The number of aromatic nitrogens is 1. The van der Waals surface area contributed by atoms with Crippen molar-refractivity contribution in [3.8, 4) is 0 Å². The van der Waals surface area contributed by atoms with Gasteiger partial charge in [0, 0.05) is 6.54 Å². The van der Waals surface area contributed by atoms with E-state index in [1.165, 1.54) is 11.1 Å². The van der Waals surface area contributed by atoms with E-state index < -0.39 is 5.97 Å². The van der Waals surface area contributed by atoms with Crippen molar-refractivity contribution in [1.29, 1.82) is 0 Å². The Bertz CT molecular complexity index is 624. The maximum atomic E-state index is 10.9. The van der Waals surface area contributed by atoms with Crippen LogP contribution in [-0.4, -0.2) is 16.1 Å². The lowest BCUT2D eigenvalue weighted by Gasteiger charge is -2.10. The summed E-state index contributed by atoms with van der Waals surface area (Å²) in [6.07, 6.45) is 0.988. The van der Waals surface area contributed by atoms with Crippen LogP contribution in [-0.2, 0) is 13.0 Å². The molecular formula is C16H18N2O2. The van der Waals surface area contributed by atoms with Crippen LogP contribution in [0.25, 0.3) is 0 Å². The largest absolute Gasteiger partial charge is 0.478 e. The monoisotopic (exact) mass is 270 g/mol. The molecule has 20 heavy (non-hydrogen) atoms. The third-order valence-electron chi connectivity index (χ3n) is 3.28. The molecule has 0 spiro atoms. The van der Waals surface area contributed by atoms with Gasteiger partial charge in [-0.15, -0.1) is 0 Å². The highest BCUT2D eigenvalue weighted by molar-refractivity contribution is 5.89. The van der Waals surface area contributed by atoms with Crippen molar-refractivity contribution in [2.45, 2.75) is 26.8 Å². The highest BCUT2D eigenvalue weighted by Crippen LogP contribution is 2.14. The Morgan fingerprint density at radius 2 is 1.90 bits per heavy atom. The van der Waals surface area contributed by atoms with Gasteiger partial charge in [-0.2, -0.15) is 0 Å². The fraction of sp³-hybridized carbons (Fsp3) is 0.250. The molecule has 2 rings (SSSR count). The van der Waals surface area contributed by atoms with Gasteiger partial charge < -0.3 is 10.4 Å². The Balaban J connectivity index is 2.11. The molecule has 1 aromatic carbocycles. The molecule has 0 saturated heterocycles. The normalized spacial score (nSPS) is 10.3. The number of hydrogen-bond donors (Lipinski definition) is 2. The molecule has 0 fully saturated rings. The van der Waals surface area contributed by atoms with Crippen LogP contribution in [0, 0.1) is 6.92 Å². The number of anilines is 1. The van der Waals surface area contributed by atoms with Crippen molar-refractivity contribution in [2.75, 3.05) is 5.32 Å². The van der Waals surface area contributed by atoms with Crippen LogP contribution >= 0.6 is 0 Å². The first-order chi connectivity index (χ1) is 9.61. The van der Waals surface area contributed by atoms with Crippen molar-refractivity contribution in [2.24, 2.45) is 0 Å². The molecule has 0 atom stereocenters. The van der Waals surface area contributed by atoms with E-state index in [0.717, 1.165) is 6.42 Å². The number of rotatable bonds is 5. The van der Waals surface area contributed by atoms with E-state index in [9.17, 15) is 4.79 Å². The molecule has 0 aliphatic rings. The summed E-state index contributed by atoms with van der Waals surface area (Å²) >= 11 is 0. The molecule has 4 nitrogen and oxygen atoms in total. The summed E-state index contributed by atoms with van der Waals surface area (Å²) in [5.41, 5.74) is 3.30. The van der Waals surface area contributed by atoms with Crippen molar-refractivity contribution in [3.05, 3.63) is 58.8 Å². The Morgan fingerprint density at radius 3 is 2.50 bits per heavy atom. The second-order valence-corrected chi connectivity index (χ2v) is 4.61. The molecule has 0 aliphatic heterocycles. The molecule has 2 aromatic rings. The first-order valence-corrected chi connectivity index (χ1v) is 6.63. The average molecular weight is 270 g/mol. The molecule has 0 aliphatic carbocycles. The SMILES string of the molecule is CCc1ccccc1CNc1ccc(C(=O)O)c(C)n1. The van der Waals surface area contributed by atoms with Crippen molar-refractivity contribution in [1.82, 2.24) is 4.98 Å². The molecule has 1 heterocycles. The van der Waals surface area contributed by atoms with Crippen molar-refractivity contribution in [3.63, 3.8) is 0 Å². The summed E-state index contributed by atoms with van der Waals surface area (Å²) in [5, 5.41) is 12.2. The number of nitrogens with zero attached hydrogens (tertiary/aromatic N) is 1. The number of carboxylic acids is 1. The number of pyridine rings is 1. The third kappa shape index (κ3) is 3.15. The zero-order chi connectivity index (χ0) is 14.5. The van der Waals surface area contributed by atoms with E-state index >= 15 is 0 Å². The molecule has 0 unspecified atom stereocenters. The lowest BCUT2D eigenvalue weighted by Crippen LogP contribution is -2.07. The Hall–Kier alpha value is -2.36. The lowest BCUT2D eigenvalue weighted by atomic mass is 10.1. The number of carboxylic acid groups (broad SMARTS) is 1. The van der Waals surface area contributed by atoms with Gasteiger partial charge in [-0.3, -0.25) is 0 Å². The lowest BCUT2D eigenvalue weighted by molar-refractivity contribution is 0.0695. The molecule has 4 heteroatoms. The van der Waals surface area contributed by atoms with Gasteiger partial charge in [-0.25, -0.2) is 9.78 Å². The Kier molecular flexibility index (Phi) is 4.35. The van der Waals surface area contributed by atoms with Gasteiger partial charge in [0.25, 0.3) is 0 Å².